The number of nitrogens with zero attached hydrogens (tertiary/aromatic N) is 2. The molecule has 0 bridgehead atoms. The predicted octanol–water partition coefficient (Wildman–Crippen LogP) is 1.09. The number of amides is 1. The number of hydrogen-bond acceptors (Lipinski definition) is 5. The van der Waals surface area contributed by atoms with E-state index < -0.39 is 0 Å². The third-order valence-corrected chi connectivity index (χ3v) is 3.06. The fraction of sp³-hybridized carbons (Fsp3) is 0.615. The normalized spacial score (nSPS) is 19.4. The van der Waals surface area contributed by atoms with E-state index in [-0.39, 0.29) is 23.6 Å². The van der Waals surface area contributed by atoms with Crippen molar-refractivity contribution in [2.24, 2.45) is 0 Å². The molecule has 6 heteroatoms. The number of carbonyl (C=O) groups excluding carboxylic acids is 1. The number of nitrogens with one attached hydrogen (secondary N) is 1. The fourth-order valence-electron chi connectivity index (χ4n) is 1.97. The Bertz CT molecular complexity index is 456. The van der Waals surface area contributed by atoms with Crippen LogP contribution in [0.3, 0.4) is 0 Å². The first-order valence-electron chi connectivity index (χ1n) is 6.59. The molecule has 1 aliphatic heterocycles. The third-order valence-electron chi connectivity index (χ3n) is 3.06. The first-order valence-corrected chi connectivity index (χ1v) is 6.59. The van der Waals surface area contributed by atoms with E-state index in [2.05, 4.69) is 15.3 Å². The molecular weight excluding hydrogens is 244 g/mol. The third kappa shape index (κ3) is 3.41. The Morgan fingerprint density at radius 2 is 2.37 bits per heavy atom. The average Bonchev–Trinajstić information content (AvgIpc) is 2.40. The van der Waals surface area contributed by atoms with E-state index in [4.69, 9.17) is 10.5 Å². The highest BCUT2D eigenvalue weighted by Gasteiger charge is 2.20. The molecule has 0 radical (unpaired) electrons. The zero-order valence-corrected chi connectivity index (χ0v) is 11.3. The molecule has 0 aromatic carbocycles. The van der Waals surface area contributed by atoms with Crippen molar-refractivity contribution in [3.8, 4) is 0 Å². The molecule has 19 heavy (non-hydrogen) atoms. The van der Waals surface area contributed by atoms with Gasteiger partial charge in [0.15, 0.2) is 5.69 Å². The highest BCUT2D eigenvalue weighted by Crippen LogP contribution is 2.14. The lowest BCUT2D eigenvalue weighted by molar-refractivity contribution is 0.0622. The second-order valence-electron chi connectivity index (χ2n) is 5.07. The molecule has 2 rings (SSSR count). The van der Waals surface area contributed by atoms with E-state index in [1.807, 2.05) is 13.8 Å². The minimum Gasteiger partial charge on any atom is -0.396 e. The zero-order chi connectivity index (χ0) is 13.8. The van der Waals surface area contributed by atoms with E-state index in [0.29, 0.717) is 18.1 Å². The number of aromatic nitrogens is 2. The van der Waals surface area contributed by atoms with Crippen LogP contribution in [0.1, 0.15) is 48.9 Å². The highest BCUT2D eigenvalue weighted by atomic mass is 16.5. The van der Waals surface area contributed by atoms with Gasteiger partial charge in [-0.05, 0) is 12.8 Å². The molecule has 1 saturated heterocycles. The van der Waals surface area contributed by atoms with Gasteiger partial charge < -0.3 is 15.8 Å². The topological polar surface area (TPSA) is 90.1 Å². The van der Waals surface area contributed by atoms with Crippen LogP contribution in [0.25, 0.3) is 0 Å². The van der Waals surface area contributed by atoms with Crippen LogP contribution < -0.4 is 11.1 Å². The molecule has 1 aromatic rings. The van der Waals surface area contributed by atoms with Crippen LogP contribution in [0.2, 0.25) is 0 Å². The van der Waals surface area contributed by atoms with Gasteiger partial charge in [0.1, 0.15) is 5.82 Å². The zero-order valence-electron chi connectivity index (χ0n) is 11.3. The van der Waals surface area contributed by atoms with Gasteiger partial charge in [-0.15, -0.1) is 0 Å². The monoisotopic (exact) mass is 264 g/mol. The molecule has 1 aromatic heterocycles. The van der Waals surface area contributed by atoms with Gasteiger partial charge in [0, 0.05) is 12.5 Å². The summed E-state index contributed by atoms with van der Waals surface area (Å²) >= 11 is 0. The van der Waals surface area contributed by atoms with E-state index in [0.717, 1.165) is 19.4 Å². The first kappa shape index (κ1) is 13.7. The van der Waals surface area contributed by atoms with Gasteiger partial charge in [0.05, 0.1) is 24.5 Å². The highest BCUT2D eigenvalue weighted by molar-refractivity contribution is 5.97. The number of nitrogens with two attached hydrogens (primary N) is 1. The molecule has 1 unspecified atom stereocenters. The summed E-state index contributed by atoms with van der Waals surface area (Å²) in [6.07, 6.45) is 3.38. The van der Waals surface area contributed by atoms with Gasteiger partial charge in [-0.2, -0.15) is 0 Å². The molecule has 0 spiro atoms. The molecule has 0 aliphatic carbocycles. The number of ether oxygens (including phenoxy) is 1. The Morgan fingerprint density at radius 1 is 1.58 bits per heavy atom. The van der Waals surface area contributed by atoms with Gasteiger partial charge >= 0.3 is 0 Å². The maximum Gasteiger partial charge on any atom is 0.272 e. The smallest absolute Gasteiger partial charge is 0.272 e. The van der Waals surface area contributed by atoms with E-state index in [1.54, 1.807) is 0 Å². The minimum absolute atomic E-state index is 0.0399. The molecule has 6 nitrogen and oxygen atoms in total. The van der Waals surface area contributed by atoms with Crippen molar-refractivity contribution < 1.29 is 9.53 Å². The quantitative estimate of drug-likeness (QED) is 0.853. The largest absolute Gasteiger partial charge is 0.396 e. The van der Waals surface area contributed by atoms with Crippen LogP contribution in [0, 0.1) is 0 Å². The minimum atomic E-state index is -0.252. The second kappa shape index (κ2) is 5.97. The average molecular weight is 264 g/mol. The van der Waals surface area contributed by atoms with Gasteiger partial charge in [0.25, 0.3) is 5.91 Å². The number of nitrogen functional groups attached to an aromatic ring is 1. The van der Waals surface area contributed by atoms with Crippen molar-refractivity contribution in [3.63, 3.8) is 0 Å². The molecule has 104 valence electrons. The van der Waals surface area contributed by atoms with Crippen molar-refractivity contribution in [3.05, 3.63) is 17.7 Å². The van der Waals surface area contributed by atoms with Crippen molar-refractivity contribution in [2.45, 2.75) is 38.6 Å². The molecule has 1 amide bonds. The maximum absolute atomic E-state index is 12.2. The SMILES string of the molecule is CC(C)c1ncc(N)c(C(=O)NC2CCCOC2)n1. The lowest BCUT2D eigenvalue weighted by Crippen LogP contribution is -2.41. The Kier molecular flexibility index (Phi) is 4.31. The lowest BCUT2D eigenvalue weighted by atomic mass is 10.1. The Balaban J connectivity index is 2.11. The van der Waals surface area contributed by atoms with Crippen LogP contribution in [0.15, 0.2) is 6.20 Å². The van der Waals surface area contributed by atoms with Crippen LogP contribution in [-0.4, -0.2) is 35.1 Å². The molecule has 3 N–H and O–H groups in total. The summed E-state index contributed by atoms with van der Waals surface area (Å²) in [7, 11) is 0. The maximum atomic E-state index is 12.2. The van der Waals surface area contributed by atoms with Gasteiger partial charge in [-0.25, -0.2) is 9.97 Å². The Labute approximate surface area is 112 Å². The summed E-state index contributed by atoms with van der Waals surface area (Å²) in [4.78, 5) is 20.5. The molecule has 0 saturated carbocycles. The van der Waals surface area contributed by atoms with Crippen molar-refractivity contribution in [2.75, 3.05) is 18.9 Å². The van der Waals surface area contributed by atoms with Gasteiger partial charge in [-0.3, -0.25) is 4.79 Å². The molecule has 1 aliphatic rings. The van der Waals surface area contributed by atoms with Gasteiger partial charge in [-0.1, -0.05) is 13.8 Å². The van der Waals surface area contributed by atoms with Crippen LogP contribution in [0.4, 0.5) is 5.69 Å². The second-order valence-corrected chi connectivity index (χ2v) is 5.07. The summed E-state index contributed by atoms with van der Waals surface area (Å²) in [6.45, 7) is 5.26. The standard InChI is InChI=1S/C13H20N4O2/c1-8(2)12-15-6-10(14)11(17-12)13(18)16-9-4-3-5-19-7-9/h6,8-9H,3-5,7,14H2,1-2H3,(H,16,18). The van der Waals surface area contributed by atoms with E-state index in [1.165, 1.54) is 6.20 Å². The lowest BCUT2D eigenvalue weighted by Gasteiger charge is -2.23. The predicted molar refractivity (Wildman–Crippen MR) is 71.8 cm³/mol. The number of hydrogen-bond donors (Lipinski definition) is 2. The summed E-state index contributed by atoms with van der Waals surface area (Å²) < 4.78 is 5.33. The summed E-state index contributed by atoms with van der Waals surface area (Å²) in [5.74, 6) is 0.529. The van der Waals surface area contributed by atoms with Crippen molar-refractivity contribution >= 4 is 11.6 Å². The summed E-state index contributed by atoms with van der Waals surface area (Å²) in [5, 5.41) is 2.91. The number of carbonyl (C=O) groups is 1. The van der Waals surface area contributed by atoms with Crippen molar-refractivity contribution in [1.82, 2.24) is 15.3 Å². The molecule has 1 atom stereocenters. The first-order chi connectivity index (χ1) is 9.08. The number of anilines is 1. The van der Waals surface area contributed by atoms with E-state index in [9.17, 15) is 4.79 Å². The Hall–Kier alpha value is -1.69. The van der Waals surface area contributed by atoms with Gasteiger partial charge in [0.2, 0.25) is 0 Å². The molecule has 1 fully saturated rings. The van der Waals surface area contributed by atoms with Crippen LogP contribution >= 0.6 is 0 Å². The molecule has 2 heterocycles. The summed E-state index contributed by atoms with van der Waals surface area (Å²) in [5.41, 5.74) is 6.34. The summed E-state index contributed by atoms with van der Waals surface area (Å²) in [6, 6.07) is 0.0399. The van der Waals surface area contributed by atoms with Crippen LogP contribution in [0.5, 0.6) is 0 Å². The number of rotatable bonds is 3. The fourth-order valence-corrected chi connectivity index (χ4v) is 1.97. The van der Waals surface area contributed by atoms with Crippen LogP contribution in [-0.2, 0) is 4.74 Å². The van der Waals surface area contributed by atoms with Crippen molar-refractivity contribution in [1.29, 1.82) is 0 Å². The Morgan fingerprint density at radius 3 is 3.00 bits per heavy atom. The molecular formula is C13H20N4O2. The van der Waals surface area contributed by atoms with E-state index >= 15 is 0 Å².